The van der Waals surface area contributed by atoms with Gasteiger partial charge in [-0.25, -0.2) is 0 Å². The maximum Gasteiger partial charge on any atom is 0.127 e. The Morgan fingerprint density at radius 2 is 1.70 bits per heavy atom. The zero-order valence-corrected chi connectivity index (χ0v) is 14.3. The van der Waals surface area contributed by atoms with Crippen molar-refractivity contribution < 1.29 is 9.84 Å². The molecule has 2 nitrogen and oxygen atoms in total. The van der Waals surface area contributed by atoms with E-state index in [1.165, 1.54) is 38.5 Å². The van der Waals surface area contributed by atoms with Crippen LogP contribution in [-0.4, -0.2) is 11.7 Å². The number of unbranched alkanes of at least 4 members (excludes halogenated alkanes) is 6. The molecule has 1 rings (SSSR count). The summed E-state index contributed by atoms with van der Waals surface area (Å²) in [6, 6.07) is 3.95. The lowest BCUT2D eigenvalue weighted by Gasteiger charge is -2.13. The fourth-order valence-corrected chi connectivity index (χ4v) is 2.98. The second kappa shape index (κ2) is 10.2. The van der Waals surface area contributed by atoms with Crippen molar-refractivity contribution in [2.75, 3.05) is 6.61 Å². The summed E-state index contributed by atoms with van der Waals surface area (Å²) in [5, 5.41) is 9.39. The molecule has 0 spiro atoms. The number of hydrogen-bond donors (Lipinski definition) is 1. The summed E-state index contributed by atoms with van der Waals surface area (Å²) in [6.07, 6.45) is 8.98. The van der Waals surface area contributed by atoms with Crippen molar-refractivity contribution in [3.63, 3.8) is 0 Å². The molecule has 0 amide bonds. The van der Waals surface area contributed by atoms with Crippen molar-refractivity contribution in [1.82, 2.24) is 0 Å². The molecule has 0 aliphatic heterocycles. The van der Waals surface area contributed by atoms with E-state index >= 15 is 0 Å². The molecule has 0 radical (unpaired) electrons. The number of hydrogen-bond acceptors (Lipinski definition) is 2. The van der Waals surface area contributed by atoms with Crippen LogP contribution < -0.4 is 4.74 Å². The highest BCUT2D eigenvalue weighted by molar-refractivity contribution is 9.10. The number of ether oxygens (including phenoxy) is 1. The van der Waals surface area contributed by atoms with Crippen molar-refractivity contribution in [2.45, 2.75) is 65.4 Å². The Morgan fingerprint density at radius 1 is 1.05 bits per heavy atom. The summed E-state index contributed by atoms with van der Waals surface area (Å²) >= 11 is 3.44. The molecule has 1 aromatic rings. The predicted octanol–water partition coefficient (Wildman–Crippen LogP) is 5.38. The Bertz CT molecular complexity index is 391. The van der Waals surface area contributed by atoms with E-state index in [0.29, 0.717) is 0 Å². The molecule has 0 bridgehead atoms. The Kier molecular flexibility index (Phi) is 8.95. The standard InChI is InChI=1S/C17H27BrO2/c1-3-4-5-6-7-8-9-10-20-17-14(2)11-16(18)12-15(17)13-19/h11-12,19H,3-10,13H2,1-2H3. The molecule has 1 N–H and O–H groups in total. The van der Waals surface area contributed by atoms with Crippen LogP contribution in [0.15, 0.2) is 16.6 Å². The third-order valence-electron chi connectivity index (χ3n) is 3.48. The molecule has 0 saturated heterocycles. The van der Waals surface area contributed by atoms with Gasteiger partial charge in [-0.3, -0.25) is 0 Å². The van der Waals surface area contributed by atoms with Gasteiger partial charge in [-0.15, -0.1) is 0 Å². The van der Waals surface area contributed by atoms with Crippen LogP contribution >= 0.6 is 15.9 Å². The van der Waals surface area contributed by atoms with Gasteiger partial charge in [0.15, 0.2) is 0 Å². The number of aryl methyl sites for hydroxylation is 1. The largest absolute Gasteiger partial charge is 0.493 e. The van der Waals surface area contributed by atoms with E-state index in [1.807, 2.05) is 19.1 Å². The van der Waals surface area contributed by atoms with Gasteiger partial charge in [0, 0.05) is 10.0 Å². The van der Waals surface area contributed by atoms with Gasteiger partial charge in [-0.05, 0) is 31.0 Å². The number of aliphatic hydroxyl groups is 1. The normalized spacial score (nSPS) is 10.8. The SMILES string of the molecule is CCCCCCCCCOc1c(C)cc(Br)cc1CO. The van der Waals surface area contributed by atoms with Gasteiger partial charge < -0.3 is 9.84 Å². The van der Waals surface area contributed by atoms with Crippen molar-refractivity contribution in [2.24, 2.45) is 0 Å². The monoisotopic (exact) mass is 342 g/mol. The minimum Gasteiger partial charge on any atom is -0.493 e. The average molecular weight is 343 g/mol. The van der Waals surface area contributed by atoms with Crippen molar-refractivity contribution in [3.05, 3.63) is 27.7 Å². The van der Waals surface area contributed by atoms with Crippen LogP contribution in [0.1, 0.15) is 63.0 Å². The number of aliphatic hydroxyl groups excluding tert-OH is 1. The minimum atomic E-state index is 0.0205. The zero-order chi connectivity index (χ0) is 14.8. The lowest BCUT2D eigenvalue weighted by molar-refractivity contribution is 0.259. The Labute approximate surface area is 131 Å². The molecule has 20 heavy (non-hydrogen) atoms. The van der Waals surface area contributed by atoms with Crippen LogP contribution in [0.4, 0.5) is 0 Å². The molecule has 0 atom stereocenters. The third kappa shape index (κ3) is 6.27. The lowest BCUT2D eigenvalue weighted by atomic mass is 10.1. The molecule has 0 unspecified atom stereocenters. The first-order valence-electron chi connectivity index (χ1n) is 7.71. The molecule has 1 aromatic carbocycles. The maximum atomic E-state index is 9.39. The fraction of sp³-hybridized carbons (Fsp3) is 0.647. The van der Waals surface area contributed by atoms with Gasteiger partial charge in [-0.1, -0.05) is 61.4 Å². The van der Waals surface area contributed by atoms with Crippen molar-refractivity contribution in [1.29, 1.82) is 0 Å². The molecule has 0 heterocycles. The van der Waals surface area contributed by atoms with Gasteiger partial charge in [0.05, 0.1) is 13.2 Å². The number of benzene rings is 1. The molecule has 0 aromatic heterocycles. The first kappa shape index (κ1) is 17.5. The van der Waals surface area contributed by atoms with E-state index < -0.39 is 0 Å². The van der Waals surface area contributed by atoms with Crippen LogP contribution in [0.5, 0.6) is 5.75 Å². The summed E-state index contributed by atoms with van der Waals surface area (Å²) in [4.78, 5) is 0. The molecule has 114 valence electrons. The summed E-state index contributed by atoms with van der Waals surface area (Å²) in [6.45, 7) is 5.02. The highest BCUT2D eigenvalue weighted by Crippen LogP contribution is 2.28. The van der Waals surface area contributed by atoms with Crippen LogP contribution in [0, 0.1) is 6.92 Å². The fourth-order valence-electron chi connectivity index (χ4n) is 2.36. The van der Waals surface area contributed by atoms with Crippen molar-refractivity contribution >= 4 is 15.9 Å². The van der Waals surface area contributed by atoms with Crippen LogP contribution in [0.3, 0.4) is 0 Å². The molecular formula is C17H27BrO2. The summed E-state index contributed by atoms with van der Waals surface area (Å²) in [5.41, 5.74) is 1.94. The van der Waals surface area contributed by atoms with Gasteiger partial charge in [0.1, 0.15) is 5.75 Å². The Hall–Kier alpha value is -0.540. The van der Waals surface area contributed by atoms with Crippen molar-refractivity contribution in [3.8, 4) is 5.75 Å². The number of halogens is 1. The molecule has 3 heteroatoms. The first-order chi connectivity index (χ1) is 9.69. The highest BCUT2D eigenvalue weighted by atomic mass is 79.9. The van der Waals surface area contributed by atoms with Crippen LogP contribution in [0.25, 0.3) is 0 Å². The second-order valence-corrected chi connectivity index (χ2v) is 6.25. The van der Waals surface area contributed by atoms with E-state index in [4.69, 9.17) is 4.74 Å². The van der Waals surface area contributed by atoms with Crippen LogP contribution in [0.2, 0.25) is 0 Å². The Morgan fingerprint density at radius 3 is 2.35 bits per heavy atom. The average Bonchev–Trinajstić information content (AvgIpc) is 2.43. The minimum absolute atomic E-state index is 0.0205. The first-order valence-corrected chi connectivity index (χ1v) is 8.51. The molecule has 0 saturated carbocycles. The predicted molar refractivity (Wildman–Crippen MR) is 88.3 cm³/mol. The van der Waals surface area contributed by atoms with Gasteiger partial charge in [0.2, 0.25) is 0 Å². The maximum absolute atomic E-state index is 9.39. The summed E-state index contributed by atoms with van der Waals surface area (Å²) in [5.74, 6) is 0.849. The van der Waals surface area contributed by atoms with E-state index in [1.54, 1.807) is 0 Å². The molecule has 0 fully saturated rings. The van der Waals surface area contributed by atoms with E-state index in [0.717, 1.165) is 34.4 Å². The summed E-state index contributed by atoms with van der Waals surface area (Å²) in [7, 11) is 0. The topological polar surface area (TPSA) is 29.5 Å². The quantitative estimate of drug-likeness (QED) is 0.578. The third-order valence-corrected chi connectivity index (χ3v) is 3.94. The van der Waals surface area contributed by atoms with Gasteiger partial charge in [-0.2, -0.15) is 0 Å². The van der Waals surface area contributed by atoms with E-state index in [2.05, 4.69) is 22.9 Å². The molecule has 0 aliphatic rings. The molecule has 0 aliphatic carbocycles. The summed E-state index contributed by atoms with van der Waals surface area (Å²) < 4.78 is 6.85. The van der Waals surface area contributed by atoms with Gasteiger partial charge in [0.25, 0.3) is 0 Å². The Balaban J connectivity index is 2.28. The smallest absolute Gasteiger partial charge is 0.127 e. The van der Waals surface area contributed by atoms with E-state index in [-0.39, 0.29) is 6.61 Å². The second-order valence-electron chi connectivity index (χ2n) is 5.34. The van der Waals surface area contributed by atoms with E-state index in [9.17, 15) is 5.11 Å². The number of rotatable bonds is 10. The molecular weight excluding hydrogens is 316 g/mol. The highest BCUT2D eigenvalue weighted by Gasteiger charge is 2.08. The zero-order valence-electron chi connectivity index (χ0n) is 12.8. The lowest BCUT2D eigenvalue weighted by Crippen LogP contribution is -2.02. The van der Waals surface area contributed by atoms with Gasteiger partial charge >= 0.3 is 0 Å². The van der Waals surface area contributed by atoms with Crippen LogP contribution in [-0.2, 0) is 6.61 Å².